The molecule has 0 fully saturated rings. The maximum atomic E-state index is 12.1. The third kappa shape index (κ3) is 2.78. The topological polar surface area (TPSA) is 105 Å². The van der Waals surface area contributed by atoms with Crippen LogP contribution in [0, 0.1) is 0 Å². The van der Waals surface area contributed by atoms with E-state index in [1.165, 1.54) is 26.0 Å². The Morgan fingerprint density at radius 3 is 2.76 bits per heavy atom. The molecule has 1 aromatic rings. The standard InChI is InChI=1S/C13H13ClN2O5/c1-6(10(17)18)15-11(19)13(2)12(20)16-8-5-7(14)3-4-9(8)21-13/h3-6H,1-2H3,(H,15,19)(H,16,20)(H,17,18). The van der Waals surface area contributed by atoms with Gasteiger partial charge in [-0.1, -0.05) is 11.6 Å². The minimum absolute atomic E-state index is 0.277. The second-order valence-electron chi connectivity index (χ2n) is 4.76. The van der Waals surface area contributed by atoms with Gasteiger partial charge in [0, 0.05) is 5.02 Å². The predicted octanol–water partition coefficient (Wildman–Crippen LogP) is 1.02. The lowest BCUT2D eigenvalue weighted by atomic mass is 10.0. The van der Waals surface area contributed by atoms with E-state index in [2.05, 4.69) is 10.6 Å². The van der Waals surface area contributed by atoms with E-state index in [-0.39, 0.29) is 5.75 Å². The first kappa shape index (κ1) is 15.1. The van der Waals surface area contributed by atoms with Crippen LogP contribution in [0.5, 0.6) is 5.75 Å². The van der Waals surface area contributed by atoms with Crippen molar-refractivity contribution in [3.05, 3.63) is 23.2 Å². The van der Waals surface area contributed by atoms with Crippen molar-refractivity contribution in [1.82, 2.24) is 5.32 Å². The molecule has 7 nitrogen and oxygen atoms in total. The van der Waals surface area contributed by atoms with E-state index in [0.29, 0.717) is 10.7 Å². The molecule has 0 bridgehead atoms. The Hall–Kier alpha value is -2.28. The number of nitrogens with one attached hydrogen (secondary N) is 2. The van der Waals surface area contributed by atoms with Crippen molar-refractivity contribution in [2.24, 2.45) is 0 Å². The monoisotopic (exact) mass is 312 g/mol. The van der Waals surface area contributed by atoms with Crippen molar-refractivity contribution >= 4 is 35.1 Å². The third-order valence-electron chi connectivity index (χ3n) is 3.09. The maximum absolute atomic E-state index is 12.1. The molecule has 1 aliphatic heterocycles. The Balaban J connectivity index is 2.27. The highest BCUT2D eigenvalue weighted by Crippen LogP contribution is 2.35. The minimum Gasteiger partial charge on any atom is -0.480 e. The fraction of sp³-hybridized carbons (Fsp3) is 0.308. The number of halogens is 1. The number of amides is 2. The van der Waals surface area contributed by atoms with Crippen LogP contribution >= 0.6 is 11.6 Å². The van der Waals surface area contributed by atoms with E-state index in [1.807, 2.05) is 0 Å². The first-order valence-electron chi connectivity index (χ1n) is 6.08. The number of carboxylic acids is 1. The first-order chi connectivity index (χ1) is 9.74. The molecule has 1 aliphatic rings. The highest BCUT2D eigenvalue weighted by molar-refractivity contribution is 6.31. The molecule has 21 heavy (non-hydrogen) atoms. The summed E-state index contributed by atoms with van der Waals surface area (Å²) < 4.78 is 5.45. The SMILES string of the molecule is CC(NC(=O)C1(C)Oc2ccc(Cl)cc2NC1=O)C(=O)O. The quantitative estimate of drug-likeness (QED) is 0.723. The largest absolute Gasteiger partial charge is 0.480 e. The number of aliphatic carboxylic acids is 1. The van der Waals surface area contributed by atoms with Gasteiger partial charge in [-0.3, -0.25) is 14.4 Å². The second kappa shape index (κ2) is 5.25. The van der Waals surface area contributed by atoms with Crippen LogP contribution in [0.3, 0.4) is 0 Å². The summed E-state index contributed by atoms with van der Waals surface area (Å²) >= 11 is 5.81. The summed E-state index contributed by atoms with van der Waals surface area (Å²) in [6, 6.07) is 3.42. The van der Waals surface area contributed by atoms with Crippen LogP contribution in [0.2, 0.25) is 5.02 Å². The number of carboxylic acid groups (broad SMARTS) is 1. The van der Waals surface area contributed by atoms with E-state index >= 15 is 0 Å². The van der Waals surface area contributed by atoms with Gasteiger partial charge in [0.25, 0.3) is 17.4 Å². The molecule has 3 N–H and O–H groups in total. The number of benzene rings is 1. The summed E-state index contributed by atoms with van der Waals surface area (Å²) in [6.07, 6.45) is 0. The number of carbonyl (C=O) groups is 3. The summed E-state index contributed by atoms with van der Waals surface area (Å²) in [4.78, 5) is 35.0. The lowest BCUT2D eigenvalue weighted by molar-refractivity contribution is -0.150. The van der Waals surface area contributed by atoms with Crippen molar-refractivity contribution in [3.63, 3.8) is 0 Å². The highest BCUT2D eigenvalue weighted by Gasteiger charge is 2.47. The van der Waals surface area contributed by atoms with Crippen molar-refractivity contribution in [2.45, 2.75) is 25.5 Å². The van der Waals surface area contributed by atoms with Crippen molar-refractivity contribution in [2.75, 3.05) is 5.32 Å². The second-order valence-corrected chi connectivity index (χ2v) is 5.20. The number of fused-ring (bicyclic) bond motifs is 1. The number of carbonyl (C=O) groups excluding carboxylic acids is 2. The fourth-order valence-corrected chi connectivity index (χ4v) is 1.91. The Morgan fingerprint density at radius 1 is 1.48 bits per heavy atom. The smallest absolute Gasteiger partial charge is 0.325 e. The van der Waals surface area contributed by atoms with E-state index < -0.39 is 29.4 Å². The van der Waals surface area contributed by atoms with Crippen LogP contribution in [0.4, 0.5) is 5.69 Å². The molecule has 2 amide bonds. The average Bonchev–Trinajstić information content (AvgIpc) is 2.40. The zero-order chi connectivity index (χ0) is 15.8. The molecule has 2 atom stereocenters. The number of hydrogen-bond acceptors (Lipinski definition) is 4. The number of rotatable bonds is 3. The normalized spacial score (nSPS) is 21.6. The molecule has 1 heterocycles. The van der Waals surface area contributed by atoms with Gasteiger partial charge in [-0.05, 0) is 32.0 Å². The summed E-state index contributed by atoms with van der Waals surface area (Å²) in [5, 5.41) is 13.9. The van der Waals surface area contributed by atoms with E-state index in [9.17, 15) is 14.4 Å². The highest BCUT2D eigenvalue weighted by atomic mass is 35.5. The van der Waals surface area contributed by atoms with Crippen LogP contribution in [-0.2, 0) is 14.4 Å². The number of ether oxygens (including phenoxy) is 1. The van der Waals surface area contributed by atoms with Gasteiger partial charge in [-0.15, -0.1) is 0 Å². The molecule has 0 saturated carbocycles. The first-order valence-corrected chi connectivity index (χ1v) is 6.45. The molecule has 2 unspecified atom stereocenters. The van der Waals surface area contributed by atoms with Gasteiger partial charge in [0.1, 0.15) is 11.8 Å². The van der Waals surface area contributed by atoms with Crippen molar-refractivity contribution in [3.8, 4) is 5.75 Å². The van der Waals surface area contributed by atoms with Gasteiger partial charge >= 0.3 is 5.97 Å². The molecule has 0 radical (unpaired) electrons. The number of hydrogen-bond donors (Lipinski definition) is 3. The van der Waals surface area contributed by atoms with E-state index in [0.717, 1.165) is 0 Å². The Labute approximate surface area is 125 Å². The van der Waals surface area contributed by atoms with Crippen LogP contribution in [0.15, 0.2) is 18.2 Å². The molecule has 0 aromatic heterocycles. The van der Waals surface area contributed by atoms with Gasteiger partial charge in [0.2, 0.25) is 0 Å². The van der Waals surface area contributed by atoms with Gasteiger partial charge < -0.3 is 20.5 Å². The Kier molecular flexibility index (Phi) is 3.78. The van der Waals surface area contributed by atoms with Crippen LogP contribution in [-0.4, -0.2) is 34.5 Å². The molecule has 0 aliphatic carbocycles. The molecule has 0 spiro atoms. The van der Waals surface area contributed by atoms with Gasteiger partial charge in [-0.25, -0.2) is 0 Å². The molecular formula is C13H13ClN2O5. The lowest BCUT2D eigenvalue weighted by Crippen LogP contribution is -2.60. The van der Waals surface area contributed by atoms with E-state index in [4.69, 9.17) is 21.4 Å². The summed E-state index contributed by atoms with van der Waals surface area (Å²) in [7, 11) is 0. The molecule has 1 aromatic carbocycles. The van der Waals surface area contributed by atoms with E-state index in [1.54, 1.807) is 6.07 Å². The average molecular weight is 313 g/mol. The Bertz CT molecular complexity index is 633. The molecule has 8 heteroatoms. The zero-order valence-corrected chi connectivity index (χ0v) is 12.0. The minimum atomic E-state index is -1.86. The van der Waals surface area contributed by atoms with Crippen molar-refractivity contribution < 1.29 is 24.2 Å². The van der Waals surface area contributed by atoms with Gasteiger partial charge in [0.05, 0.1) is 5.69 Å². The Morgan fingerprint density at radius 2 is 2.14 bits per heavy atom. The fourth-order valence-electron chi connectivity index (χ4n) is 1.74. The van der Waals surface area contributed by atoms with Gasteiger partial charge in [0.15, 0.2) is 0 Å². The lowest BCUT2D eigenvalue weighted by Gasteiger charge is -2.33. The maximum Gasteiger partial charge on any atom is 0.325 e. The summed E-state index contributed by atoms with van der Waals surface area (Å²) in [6.45, 7) is 2.56. The van der Waals surface area contributed by atoms with Crippen molar-refractivity contribution in [1.29, 1.82) is 0 Å². The number of anilines is 1. The summed E-state index contributed by atoms with van der Waals surface area (Å²) in [5.41, 5.74) is -1.51. The van der Waals surface area contributed by atoms with Crippen LogP contribution in [0.25, 0.3) is 0 Å². The third-order valence-corrected chi connectivity index (χ3v) is 3.32. The zero-order valence-electron chi connectivity index (χ0n) is 11.3. The molecule has 2 rings (SSSR count). The molecule has 112 valence electrons. The van der Waals surface area contributed by atoms with Crippen LogP contribution < -0.4 is 15.4 Å². The molecular weight excluding hydrogens is 300 g/mol. The predicted molar refractivity (Wildman–Crippen MR) is 74.4 cm³/mol. The van der Waals surface area contributed by atoms with Gasteiger partial charge in [-0.2, -0.15) is 0 Å². The summed E-state index contributed by atoms with van der Waals surface area (Å²) in [5.74, 6) is -2.47. The van der Waals surface area contributed by atoms with Crippen LogP contribution in [0.1, 0.15) is 13.8 Å². The molecule has 0 saturated heterocycles.